The highest BCUT2D eigenvalue weighted by Gasteiger charge is 2.25. The van der Waals surface area contributed by atoms with Gasteiger partial charge in [0.2, 0.25) is 0 Å². The minimum Gasteiger partial charge on any atom is -0.496 e. The molecule has 140 valence electrons. The Morgan fingerprint density at radius 3 is 2.70 bits per heavy atom. The Hall–Kier alpha value is -2.50. The van der Waals surface area contributed by atoms with Crippen LogP contribution in [0.3, 0.4) is 0 Å². The second kappa shape index (κ2) is 7.25. The first-order chi connectivity index (χ1) is 13.1. The number of hydrogen-bond acceptors (Lipinski definition) is 5. The summed E-state index contributed by atoms with van der Waals surface area (Å²) in [6.07, 6.45) is 0.385. The van der Waals surface area contributed by atoms with Gasteiger partial charge in [-0.25, -0.2) is 9.97 Å². The molecule has 0 spiro atoms. The number of aromatic nitrogens is 2. The average Bonchev–Trinajstić information content (AvgIpc) is 2.67. The van der Waals surface area contributed by atoms with Crippen LogP contribution in [-0.4, -0.2) is 41.4 Å². The van der Waals surface area contributed by atoms with Crippen molar-refractivity contribution in [2.75, 3.05) is 20.2 Å². The molecule has 2 unspecified atom stereocenters. The summed E-state index contributed by atoms with van der Waals surface area (Å²) in [7, 11) is 1.69. The van der Waals surface area contributed by atoms with Crippen molar-refractivity contribution in [3.63, 3.8) is 0 Å². The average molecular weight is 363 g/mol. The van der Waals surface area contributed by atoms with Crippen LogP contribution in [-0.2, 0) is 0 Å². The Kier molecular flexibility index (Phi) is 4.81. The Morgan fingerprint density at radius 2 is 1.93 bits per heavy atom. The van der Waals surface area contributed by atoms with Crippen LogP contribution in [0.5, 0.6) is 5.75 Å². The van der Waals surface area contributed by atoms with Crippen molar-refractivity contribution in [2.24, 2.45) is 0 Å². The highest BCUT2D eigenvalue weighted by molar-refractivity contribution is 5.81. The van der Waals surface area contributed by atoms with Crippen LogP contribution >= 0.6 is 0 Å². The topological polar surface area (TPSA) is 67.3 Å². The fourth-order valence-electron chi connectivity index (χ4n) is 3.92. The molecule has 3 heterocycles. The molecule has 5 nitrogen and oxygen atoms in total. The second-order valence-electron chi connectivity index (χ2n) is 7.31. The molecule has 0 bridgehead atoms. The predicted molar refractivity (Wildman–Crippen MR) is 107 cm³/mol. The number of piperidine rings is 1. The molecular formula is C22H25N3O2. The van der Waals surface area contributed by atoms with Gasteiger partial charge in [-0.05, 0) is 68.3 Å². The van der Waals surface area contributed by atoms with E-state index in [1.165, 1.54) is 0 Å². The highest BCUT2D eigenvalue weighted by Crippen LogP contribution is 2.34. The quantitative estimate of drug-likeness (QED) is 0.747. The number of methoxy groups -OCH3 is 1. The molecule has 1 fully saturated rings. The lowest BCUT2D eigenvalue weighted by Gasteiger charge is -2.27. The van der Waals surface area contributed by atoms with Crippen molar-refractivity contribution in [1.82, 2.24) is 15.3 Å². The Balaban J connectivity index is 1.80. The number of aliphatic hydroxyl groups is 1. The minimum absolute atomic E-state index is 0.00394. The van der Waals surface area contributed by atoms with E-state index in [4.69, 9.17) is 14.7 Å². The largest absolute Gasteiger partial charge is 0.496 e. The number of benzene rings is 1. The molecule has 5 heteroatoms. The lowest BCUT2D eigenvalue weighted by molar-refractivity contribution is 0.113. The van der Waals surface area contributed by atoms with Crippen LogP contribution in [0.2, 0.25) is 0 Å². The van der Waals surface area contributed by atoms with Gasteiger partial charge in [-0.3, -0.25) is 0 Å². The fourth-order valence-corrected chi connectivity index (χ4v) is 3.92. The van der Waals surface area contributed by atoms with Crippen molar-refractivity contribution >= 4 is 11.0 Å². The summed E-state index contributed by atoms with van der Waals surface area (Å²) >= 11 is 0. The molecule has 0 amide bonds. The normalized spacial score (nSPS) is 20.0. The van der Waals surface area contributed by atoms with Gasteiger partial charge in [0.15, 0.2) is 5.65 Å². The van der Waals surface area contributed by atoms with Crippen LogP contribution in [0.15, 0.2) is 36.4 Å². The molecule has 1 aromatic carbocycles. The Morgan fingerprint density at radius 1 is 1.11 bits per heavy atom. The zero-order valence-corrected chi connectivity index (χ0v) is 16.0. The molecule has 1 aliphatic rings. The number of nitrogens with zero attached hydrogens (tertiary/aromatic N) is 2. The third-order valence-corrected chi connectivity index (χ3v) is 5.32. The highest BCUT2D eigenvalue weighted by atomic mass is 16.5. The maximum absolute atomic E-state index is 10.3. The first-order valence-corrected chi connectivity index (χ1v) is 9.39. The van der Waals surface area contributed by atoms with Crippen LogP contribution in [0.25, 0.3) is 22.3 Å². The molecule has 1 aliphatic heterocycles. The number of nitrogens with one attached hydrogen (secondary N) is 1. The lowest BCUT2D eigenvalue weighted by atomic mass is 9.92. The van der Waals surface area contributed by atoms with Crippen molar-refractivity contribution in [2.45, 2.75) is 32.3 Å². The van der Waals surface area contributed by atoms with E-state index >= 15 is 0 Å². The Bertz CT molecular complexity index is 987. The predicted octanol–water partition coefficient (Wildman–Crippen LogP) is 3.36. The van der Waals surface area contributed by atoms with Gasteiger partial charge in [0.05, 0.1) is 18.9 Å². The number of hydrogen-bond donors (Lipinski definition) is 2. The lowest BCUT2D eigenvalue weighted by Crippen LogP contribution is -2.38. The van der Waals surface area contributed by atoms with E-state index in [1.807, 2.05) is 30.3 Å². The van der Waals surface area contributed by atoms with Gasteiger partial charge in [-0.15, -0.1) is 0 Å². The van der Waals surface area contributed by atoms with Gasteiger partial charge in [-0.1, -0.05) is 6.07 Å². The Labute approximate surface area is 159 Å². The molecule has 3 aromatic rings. The summed E-state index contributed by atoms with van der Waals surface area (Å²) < 4.78 is 5.60. The van der Waals surface area contributed by atoms with Crippen molar-refractivity contribution in [3.05, 3.63) is 53.2 Å². The van der Waals surface area contributed by atoms with Gasteiger partial charge in [0.1, 0.15) is 5.75 Å². The summed E-state index contributed by atoms with van der Waals surface area (Å²) in [6.45, 7) is 5.72. The van der Waals surface area contributed by atoms with Crippen molar-refractivity contribution < 1.29 is 9.84 Å². The smallest absolute Gasteiger partial charge is 0.160 e. The van der Waals surface area contributed by atoms with Gasteiger partial charge < -0.3 is 15.2 Å². The zero-order valence-electron chi connectivity index (χ0n) is 16.0. The summed E-state index contributed by atoms with van der Waals surface area (Å²) in [5.41, 5.74) is 5.72. The van der Waals surface area contributed by atoms with Crippen molar-refractivity contribution in [3.8, 4) is 17.0 Å². The van der Waals surface area contributed by atoms with E-state index < -0.39 is 0 Å². The van der Waals surface area contributed by atoms with E-state index in [9.17, 15) is 5.11 Å². The molecule has 0 radical (unpaired) electrons. The number of fused-ring (bicyclic) bond motifs is 1. The number of rotatable bonds is 3. The van der Waals surface area contributed by atoms with Crippen molar-refractivity contribution in [1.29, 1.82) is 0 Å². The maximum Gasteiger partial charge on any atom is 0.160 e. The SMILES string of the molecule is COc1cc(C)cc(C)c1-c1ccc2ccc(C3CNCCC3O)nc2n1. The van der Waals surface area contributed by atoms with Gasteiger partial charge in [0.25, 0.3) is 0 Å². The van der Waals surface area contributed by atoms with E-state index in [1.54, 1.807) is 7.11 Å². The van der Waals surface area contributed by atoms with Gasteiger partial charge >= 0.3 is 0 Å². The maximum atomic E-state index is 10.3. The minimum atomic E-state index is -0.362. The number of aliphatic hydroxyl groups excluding tert-OH is 1. The molecule has 4 rings (SSSR count). The van der Waals surface area contributed by atoms with Crippen LogP contribution in [0.4, 0.5) is 0 Å². The van der Waals surface area contributed by atoms with E-state index in [2.05, 4.69) is 25.2 Å². The third-order valence-electron chi connectivity index (χ3n) is 5.32. The third kappa shape index (κ3) is 3.40. The van der Waals surface area contributed by atoms with E-state index in [-0.39, 0.29) is 12.0 Å². The monoisotopic (exact) mass is 363 g/mol. The second-order valence-corrected chi connectivity index (χ2v) is 7.31. The van der Waals surface area contributed by atoms with Crippen LogP contribution < -0.4 is 10.1 Å². The molecule has 0 aliphatic carbocycles. The number of aryl methyl sites for hydroxylation is 2. The van der Waals surface area contributed by atoms with Gasteiger partial charge in [0, 0.05) is 29.1 Å². The van der Waals surface area contributed by atoms with E-state index in [0.717, 1.165) is 58.7 Å². The molecule has 2 atom stereocenters. The molecule has 1 saturated heterocycles. The summed E-state index contributed by atoms with van der Waals surface area (Å²) in [4.78, 5) is 9.62. The molecule has 0 saturated carbocycles. The van der Waals surface area contributed by atoms with Crippen LogP contribution in [0.1, 0.15) is 29.2 Å². The van der Waals surface area contributed by atoms with E-state index in [0.29, 0.717) is 5.65 Å². The molecule has 27 heavy (non-hydrogen) atoms. The zero-order chi connectivity index (χ0) is 19.0. The molecule has 2 aromatic heterocycles. The summed E-state index contributed by atoms with van der Waals surface area (Å²) in [5.74, 6) is 0.826. The van der Waals surface area contributed by atoms with Gasteiger partial charge in [-0.2, -0.15) is 0 Å². The number of ether oxygens (including phenoxy) is 1. The first kappa shape index (κ1) is 17.9. The molecular weight excluding hydrogens is 338 g/mol. The fraction of sp³-hybridized carbons (Fsp3) is 0.364. The number of pyridine rings is 2. The summed E-state index contributed by atoms with van der Waals surface area (Å²) in [6, 6.07) is 12.3. The standard InChI is InChI=1S/C22H25N3O2/c1-13-10-14(2)21(20(11-13)27-3)18-7-5-15-4-6-17(24-22(15)25-18)16-12-23-9-8-19(16)26/h4-7,10-11,16,19,23,26H,8-9,12H2,1-3H3. The van der Waals surface area contributed by atoms with Crippen LogP contribution in [0, 0.1) is 13.8 Å². The molecule has 2 N–H and O–H groups in total. The first-order valence-electron chi connectivity index (χ1n) is 9.39. The summed E-state index contributed by atoms with van der Waals surface area (Å²) in [5, 5.41) is 14.7.